The number of pyridine rings is 1. The van der Waals surface area contributed by atoms with E-state index in [-0.39, 0.29) is 24.4 Å². The van der Waals surface area contributed by atoms with Crippen LogP contribution in [-0.4, -0.2) is 42.3 Å². The molecule has 1 aromatic heterocycles. The number of likely N-dealkylation sites (tertiary alicyclic amines) is 1. The number of carbonyl (C=O) groups is 1. The number of nitrogens with zero attached hydrogens (tertiary/aromatic N) is 2. The van der Waals surface area contributed by atoms with E-state index in [4.69, 9.17) is 9.47 Å². The van der Waals surface area contributed by atoms with E-state index in [9.17, 15) is 13.6 Å². The largest absolute Gasteiger partial charge is 0.487 e. The molecule has 0 radical (unpaired) electrons. The van der Waals surface area contributed by atoms with Crippen molar-refractivity contribution in [3.05, 3.63) is 45.3 Å². The van der Waals surface area contributed by atoms with Crippen LogP contribution in [0.3, 0.4) is 0 Å². The maximum absolute atomic E-state index is 14.6. The van der Waals surface area contributed by atoms with Crippen LogP contribution in [0.1, 0.15) is 38.3 Å². The molecule has 8 heteroatoms. The summed E-state index contributed by atoms with van der Waals surface area (Å²) in [6.45, 7) is 5.60. The van der Waals surface area contributed by atoms with Crippen molar-refractivity contribution in [3.8, 4) is 16.9 Å². The SMILES string of the molecule is CCCCOC(=O)N1CCC(COc2c(F)cc(-c3ccc(I)nc3C)cc2F)CC1. The van der Waals surface area contributed by atoms with Crippen molar-refractivity contribution in [3.63, 3.8) is 0 Å². The zero-order valence-electron chi connectivity index (χ0n) is 17.8. The minimum absolute atomic E-state index is 0.126. The van der Waals surface area contributed by atoms with Gasteiger partial charge in [0.1, 0.15) is 3.70 Å². The minimum Gasteiger partial charge on any atom is -0.487 e. The lowest BCUT2D eigenvalue weighted by molar-refractivity contribution is 0.0794. The van der Waals surface area contributed by atoms with Crippen molar-refractivity contribution < 1.29 is 23.0 Å². The molecule has 2 aromatic rings. The maximum Gasteiger partial charge on any atom is 0.409 e. The fourth-order valence-corrected chi connectivity index (χ4v) is 4.11. The maximum atomic E-state index is 14.6. The second-order valence-corrected chi connectivity index (χ2v) is 8.85. The van der Waals surface area contributed by atoms with Crippen molar-refractivity contribution in [2.45, 2.75) is 39.5 Å². The molecular weight excluding hydrogens is 517 g/mol. The Labute approximate surface area is 195 Å². The molecule has 31 heavy (non-hydrogen) atoms. The molecule has 1 aromatic carbocycles. The van der Waals surface area contributed by atoms with Crippen molar-refractivity contribution in [2.24, 2.45) is 5.92 Å². The zero-order valence-corrected chi connectivity index (χ0v) is 20.0. The number of carbonyl (C=O) groups excluding carboxylic acids is 1. The van der Waals surface area contributed by atoms with Gasteiger partial charge in [-0.05, 0) is 84.5 Å². The Kier molecular flexibility index (Phi) is 8.45. The molecular formula is C23H27F2IN2O3. The average Bonchev–Trinajstić information content (AvgIpc) is 2.73. The Hall–Kier alpha value is -1.97. The van der Waals surface area contributed by atoms with Gasteiger partial charge in [0, 0.05) is 24.3 Å². The number of rotatable bonds is 7. The van der Waals surface area contributed by atoms with E-state index >= 15 is 0 Å². The number of hydrogen-bond acceptors (Lipinski definition) is 4. The molecule has 1 saturated heterocycles. The summed E-state index contributed by atoms with van der Waals surface area (Å²) in [5, 5.41) is 0. The first-order chi connectivity index (χ1) is 14.9. The predicted octanol–water partition coefficient (Wildman–Crippen LogP) is 5.97. The Morgan fingerprint density at radius 1 is 1.23 bits per heavy atom. The molecule has 168 valence electrons. The second kappa shape index (κ2) is 11.1. The summed E-state index contributed by atoms with van der Waals surface area (Å²) in [4.78, 5) is 18.0. The lowest BCUT2D eigenvalue weighted by atomic mass is 9.98. The molecule has 1 aliphatic heterocycles. The van der Waals surface area contributed by atoms with Gasteiger partial charge in [0.05, 0.1) is 13.2 Å². The van der Waals surface area contributed by atoms with Crippen LogP contribution in [0.2, 0.25) is 0 Å². The van der Waals surface area contributed by atoms with E-state index in [1.807, 2.05) is 13.8 Å². The summed E-state index contributed by atoms with van der Waals surface area (Å²) in [5.41, 5.74) is 1.82. The van der Waals surface area contributed by atoms with E-state index in [1.165, 1.54) is 12.1 Å². The standard InChI is InChI=1S/C23H27F2IN2O3/c1-3-4-11-30-23(29)28-9-7-16(8-10-28)14-31-22-19(24)12-17(13-20(22)25)18-5-6-21(26)27-15(18)2/h5-6,12-13,16H,3-4,7-11,14H2,1-2H3. The number of aryl methyl sites for hydroxylation is 1. The number of halogens is 3. The zero-order chi connectivity index (χ0) is 22.4. The quantitative estimate of drug-likeness (QED) is 0.245. The van der Waals surface area contributed by atoms with Crippen LogP contribution >= 0.6 is 22.6 Å². The highest BCUT2D eigenvalue weighted by atomic mass is 127. The van der Waals surface area contributed by atoms with Crippen LogP contribution in [-0.2, 0) is 4.74 Å². The van der Waals surface area contributed by atoms with Gasteiger partial charge in [-0.1, -0.05) is 13.3 Å². The fraction of sp³-hybridized carbons (Fsp3) is 0.478. The number of ether oxygens (including phenoxy) is 2. The van der Waals surface area contributed by atoms with Crippen molar-refractivity contribution >= 4 is 28.7 Å². The highest BCUT2D eigenvalue weighted by Gasteiger charge is 2.25. The highest BCUT2D eigenvalue weighted by molar-refractivity contribution is 14.1. The fourth-order valence-electron chi connectivity index (χ4n) is 3.57. The van der Waals surface area contributed by atoms with E-state index in [2.05, 4.69) is 27.6 Å². The van der Waals surface area contributed by atoms with E-state index in [1.54, 1.807) is 17.0 Å². The third kappa shape index (κ3) is 6.27. The molecule has 5 nitrogen and oxygen atoms in total. The van der Waals surface area contributed by atoms with Crippen LogP contribution in [0.5, 0.6) is 5.75 Å². The number of amides is 1. The van der Waals surface area contributed by atoms with Crippen LogP contribution in [0.15, 0.2) is 24.3 Å². The lowest BCUT2D eigenvalue weighted by Gasteiger charge is -2.31. The Morgan fingerprint density at radius 3 is 2.52 bits per heavy atom. The van der Waals surface area contributed by atoms with Gasteiger partial charge in [0.25, 0.3) is 0 Å². The van der Waals surface area contributed by atoms with Crippen LogP contribution in [0, 0.1) is 28.2 Å². The number of piperidine rings is 1. The summed E-state index contributed by atoms with van der Waals surface area (Å²) < 4.78 is 40.8. The minimum atomic E-state index is -0.732. The summed E-state index contributed by atoms with van der Waals surface area (Å²) in [5.74, 6) is -1.70. The molecule has 0 spiro atoms. The van der Waals surface area contributed by atoms with Crippen LogP contribution in [0.25, 0.3) is 11.1 Å². The van der Waals surface area contributed by atoms with E-state index in [0.29, 0.717) is 49.4 Å². The molecule has 2 heterocycles. The summed E-state index contributed by atoms with van der Waals surface area (Å²) in [6, 6.07) is 6.17. The molecule has 0 N–H and O–H groups in total. The molecule has 0 aliphatic carbocycles. The molecule has 1 aliphatic rings. The van der Waals surface area contributed by atoms with Gasteiger partial charge >= 0.3 is 6.09 Å². The monoisotopic (exact) mass is 544 g/mol. The smallest absolute Gasteiger partial charge is 0.409 e. The van der Waals surface area contributed by atoms with Crippen LogP contribution < -0.4 is 4.74 Å². The second-order valence-electron chi connectivity index (χ2n) is 7.75. The number of benzene rings is 1. The number of hydrogen-bond donors (Lipinski definition) is 0. The first kappa shape index (κ1) is 23.7. The number of aromatic nitrogens is 1. The molecule has 0 unspecified atom stereocenters. The topological polar surface area (TPSA) is 51.7 Å². The van der Waals surface area contributed by atoms with Gasteiger partial charge in [-0.3, -0.25) is 0 Å². The third-order valence-electron chi connectivity index (χ3n) is 5.42. The summed E-state index contributed by atoms with van der Waals surface area (Å²) >= 11 is 2.10. The molecule has 3 rings (SSSR count). The Balaban J connectivity index is 1.56. The lowest BCUT2D eigenvalue weighted by Crippen LogP contribution is -2.40. The van der Waals surface area contributed by atoms with Gasteiger partial charge in [0.15, 0.2) is 17.4 Å². The van der Waals surface area contributed by atoms with Crippen LogP contribution in [0.4, 0.5) is 13.6 Å². The Bertz CT molecular complexity index is 895. The normalized spacial score (nSPS) is 14.5. The molecule has 1 fully saturated rings. The van der Waals surface area contributed by atoms with Gasteiger partial charge in [-0.2, -0.15) is 0 Å². The predicted molar refractivity (Wildman–Crippen MR) is 123 cm³/mol. The van der Waals surface area contributed by atoms with Gasteiger partial charge in [0.2, 0.25) is 0 Å². The number of unbranched alkanes of at least 4 members (excludes halogenated alkanes) is 1. The molecule has 0 atom stereocenters. The average molecular weight is 544 g/mol. The molecule has 0 saturated carbocycles. The van der Waals surface area contributed by atoms with Gasteiger partial charge in [-0.15, -0.1) is 0 Å². The third-order valence-corrected chi connectivity index (χ3v) is 6.02. The van der Waals surface area contributed by atoms with Gasteiger partial charge in [-0.25, -0.2) is 18.6 Å². The van der Waals surface area contributed by atoms with Crippen molar-refractivity contribution in [1.29, 1.82) is 0 Å². The highest BCUT2D eigenvalue weighted by Crippen LogP contribution is 2.31. The first-order valence-corrected chi connectivity index (χ1v) is 11.6. The van der Waals surface area contributed by atoms with Gasteiger partial charge < -0.3 is 14.4 Å². The van der Waals surface area contributed by atoms with Crippen molar-refractivity contribution in [1.82, 2.24) is 9.88 Å². The van der Waals surface area contributed by atoms with E-state index in [0.717, 1.165) is 16.5 Å². The first-order valence-electron chi connectivity index (χ1n) is 10.6. The van der Waals surface area contributed by atoms with E-state index < -0.39 is 11.6 Å². The molecule has 1 amide bonds. The summed E-state index contributed by atoms with van der Waals surface area (Å²) in [7, 11) is 0. The molecule has 0 bridgehead atoms. The summed E-state index contributed by atoms with van der Waals surface area (Å²) in [6.07, 6.45) is 2.95. The van der Waals surface area contributed by atoms with Crippen molar-refractivity contribution in [2.75, 3.05) is 26.3 Å². The Morgan fingerprint density at radius 2 is 1.90 bits per heavy atom.